The highest BCUT2D eigenvalue weighted by atomic mass is 16.5. The fourth-order valence-electron chi connectivity index (χ4n) is 6.40. The van der Waals surface area contributed by atoms with E-state index in [9.17, 15) is 4.79 Å². The molecule has 6 heteroatoms. The number of nitrogens with one attached hydrogen (secondary N) is 1. The predicted molar refractivity (Wildman–Crippen MR) is 111 cm³/mol. The first-order valence-electron chi connectivity index (χ1n) is 11.6. The van der Waals surface area contributed by atoms with E-state index in [2.05, 4.69) is 26.9 Å². The summed E-state index contributed by atoms with van der Waals surface area (Å²) in [7, 11) is 1.87. The Hall–Kier alpha value is -0.690. The second kappa shape index (κ2) is 8.99. The van der Waals surface area contributed by atoms with Crippen molar-refractivity contribution in [2.24, 2.45) is 11.3 Å². The fraction of sp³-hybridized carbons (Fsp3) is 0.955. The topological polar surface area (TPSA) is 48.1 Å². The Morgan fingerprint density at radius 1 is 1.14 bits per heavy atom. The fourth-order valence-corrected chi connectivity index (χ4v) is 6.40. The van der Waals surface area contributed by atoms with E-state index in [1.165, 1.54) is 71.1 Å². The van der Waals surface area contributed by atoms with E-state index >= 15 is 0 Å². The smallest absolute Gasteiger partial charge is 0.236 e. The highest BCUT2D eigenvalue weighted by molar-refractivity contribution is 5.78. The molecule has 0 bridgehead atoms. The van der Waals surface area contributed by atoms with Gasteiger partial charge in [0.15, 0.2) is 0 Å². The molecule has 4 aliphatic rings. The van der Waals surface area contributed by atoms with Crippen LogP contribution in [0.2, 0.25) is 0 Å². The van der Waals surface area contributed by atoms with Crippen molar-refractivity contribution in [1.29, 1.82) is 0 Å². The van der Waals surface area contributed by atoms with E-state index in [0.29, 0.717) is 29.8 Å². The summed E-state index contributed by atoms with van der Waals surface area (Å²) in [5.74, 6) is 1.01. The number of amides is 1. The predicted octanol–water partition coefficient (Wildman–Crippen LogP) is 1.76. The van der Waals surface area contributed by atoms with Gasteiger partial charge in [-0.3, -0.25) is 9.69 Å². The van der Waals surface area contributed by atoms with Crippen LogP contribution in [0.3, 0.4) is 0 Å². The third kappa shape index (κ3) is 4.25. The second-order valence-corrected chi connectivity index (χ2v) is 9.69. The van der Waals surface area contributed by atoms with E-state index in [1.807, 2.05) is 7.05 Å². The first-order valence-corrected chi connectivity index (χ1v) is 11.6. The van der Waals surface area contributed by atoms with Crippen LogP contribution >= 0.6 is 0 Å². The van der Waals surface area contributed by atoms with Gasteiger partial charge < -0.3 is 19.9 Å². The molecule has 1 aliphatic carbocycles. The standard InChI is InChI=1S/C22H40N4O2/c1-3-28-17-24-12-8-22(16-24)13-19(14-22)25-10-6-18(7-11-25)20-5-4-9-26(20)21(27)15-23-2/h18-20,23H,3-17H2,1-2H3. The monoisotopic (exact) mass is 392 g/mol. The molecule has 4 rings (SSSR count). The molecule has 4 fully saturated rings. The van der Waals surface area contributed by atoms with Gasteiger partial charge in [0.25, 0.3) is 0 Å². The Kier molecular flexibility index (Phi) is 6.60. The summed E-state index contributed by atoms with van der Waals surface area (Å²) in [5, 5.41) is 3.03. The lowest BCUT2D eigenvalue weighted by atomic mass is 9.64. The average Bonchev–Trinajstić information content (AvgIpc) is 3.33. The quantitative estimate of drug-likeness (QED) is 0.715. The molecule has 1 unspecified atom stereocenters. The molecule has 0 aromatic carbocycles. The van der Waals surface area contributed by atoms with Gasteiger partial charge in [0.05, 0.1) is 13.3 Å². The molecule has 3 heterocycles. The zero-order valence-electron chi connectivity index (χ0n) is 18.0. The van der Waals surface area contributed by atoms with Crippen LogP contribution in [-0.2, 0) is 9.53 Å². The van der Waals surface area contributed by atoms with Crippen molar-refractivity contribution in [2.75, 3.05) is 59.7 Å². The van der Waals surface area contributed by atoms with Gasteiger partial charge in [-0.25, -0.2) is 0 Å². The first kappa shape index (κ1) is 20.6. The van der Waals surface area contributed by atoms with Crippen molar-refractivity contribution < 1.29 is 9.53 Å². The highest BCUT2D eigenvalue weighted by Gasteiger charge is 2.50. The van der Waals surface area contributed by atoms with Gasteiger partial charge >= 0.3 is 0 Å². The molecule has 160 valence electrons. The molecule has 1 atom stereocenters. The van der Waals surface area contributed by atoms with E-state index < -0.39 is 0 Å². The Labute approximate surface area is 170 Å². The van der Waals surface area contributed by atoms with Crippen LogP contribution < -0.4 is 5.32 Å². The van der Waals surface area contributed by atoms with Crippen LogP contribution in [0.1, 0.15) is 51.9 Å². The summed E-state index contributed by atoms with van der Waals surface area (Å²) in [4.78, 5) is 19.9. The Bertz CT molecular complexity index is 529. The van der Waals surface area contributed by atoms with E-state index in [1.54, 1.807) is 0 Å². The molecule has 0 radical (unpaired) electrons. The Morgan fingerprint density at radius 2 is 1.93 bits per heavy atom. The van der Waals surface area contributed by atoms with Crippen molar-refractivity contribution in [2.45, 2.75) is 64.0 Å². The molecule has 3 aliphatic heterocycles. The lowest BCUT2D eigenvalue weighted by Crippen LogP contribution is -2.55. The minimum Gasteiger partial charge on any atom is -0.366 e. The van der Waals surface area contributed by atoms with Gasteiger partial charge in [-0.05, 0) is 83.3 Å². The van der Waals surface area contributed by atoms with E-state index in [4.69, 9.17) is 4.74 Å². The van der Waals surface area contributed by atoms with Gasteiger partial charge in [0.2, 0.25) is 5.91 Å². The van der Waals surface area contributed by atoms with Crippen molar-refractivity contribution in [1.82, 2.24) is 20.0 Å². The molecule has 0 aromatic rings. The number of hydrogen-bond acceptors (Lipinski definition) is 5. The van der Waals surface area contributed by atoms with Crippen LogP contribution in [0, 0.1) is 11.3 Å². The summed E-state index contributed by atoms with van der Waals surface area (Å²) in [5.41, 5.74) is 0.584. The van der Waals surface area contributed by atoms with Gasteiger partial charge in [0, 0.05) is 38.3 Å². The molecule has 0 aromatic heterocycles. The maximum atomic E-state index is 12.4. The van der Waals surface area contributed by atoms with Crippen molar-refractivity contribution in [3.05, 3.63) is 0 Å². The molecule has 28 heavy (non-hydrogen) atoms. The third-order valence-corrected chi connectivity index (χ3v) is 7.91. The molecule has 1 N–H and O–H groups in total. The lowest BCUT2D eigenvalue weighted by Gasteiger charge is -2.52. The van der Waals surface area contributed by atoms with Crippen molar-refractivity contribution in [3.63, 3.8) is 0 Å². The van der Waals surface area contributed by atoms with Gasteiger partial charge in [-0.15, -0.1) is 0 Å². The van der Waals surface area contributed by atoms with Crippen LogP contribution in [-0.4, -0.2) is 92.3 Å². The molecule has 1 saturated carbocycles. The number of nitrogens with zero attached hydrogens (tertiary/aromatic N) is 3. The molecular formula is C22H40N4O2. The Morgan fingerprint density at radius 3 is 2.64 bits per heavy atom. The summed E-state index contributed by atoms with van der Waals surface area (Å²) in [6, 6.07) is 1.30. The SMILES string of the molecule is CCOCN1CCC2(CC(N3CCC(C4CCCN4C(=O)CNC)CC3)C2)C1. The molecule has 1 spiro atoms. The zero-order valence-corrected chi connectivity index (χ0v) is 18.0. The van der Waals surface area contributed by atoms with Crippen molar-refractivity contribution >= 4 is 5.91 Å². The normalized spacial score (nSPS) is 35.0. The van der Waals surface area contributed by atoms with Crippen LogP contribution in [0.5, 0.6) is 0 Å². The van der Waals surface area contributed by atoms with Crippen LogP contribution in [0.15, 0.2) is 0 Å². The summed E-state index contributed by atoms with van der Waals surface area (Å²) < 4.78 is 5.61. The number of hydrogen-bond donors (Lipinski definition) is 1. The first-order chi connectivity index (χ1) is 13.6. The number of carbonyl (C=O) groups is 1. The number of piperidine rings is 1. The van der Waals surface area contributed by atoms with E-state index in [0.717, 1.165) is 25.9 Å². The number of likely N-dealkylation sites (tertiary alicyclic amines) is 3. The number of ether oxygens (including phenoxy) is 1. The van der Waals surface area contributed by atoms with Gasteiger partial charge in [-0.2, -0.15) is 0 Å². The second-order valence-electron chi connectivity index (χ2n) is 9.69. The maximum absolute atomic E-state index is 12.4. The zero-order chi connectivity index (χ0) is 19.6. The Balaban J connectivity index is 1.21. The van der Waals surface area contributed by atoms with Crippen LogP contribution in [0.4, 0.5) is 0 Å². The van der Waals surface area contributed by atoms with E-state index in [-0.39, 0.29) is 0 Å². The van der Waals surface area contributed by atoms with Gasteiger partial charge in [0.1, 0.15) is 0 Å². The highest BCUT2D eigenvalue weighted by Crippen LogP contribution is 2.50. The minimum absolute atomic E-state index is 0.297. The van der Waals surface area contributed by atoms with Crippen LogP contribution in [0.25, 0.3) is 0 Å². The third-order valence-electron chi connectivity index (χ3n) is 7.91. The maximum Gasteiger partial charge on any atom is 0.236 e. The average molecular weight is 393 g/mol. The molecule has 6 nitrogen and oxygen atoms in total. The number of likely N-dealkylation sites (N-methyl/N-ethyl adjacent to an activating group) is 1. The van der Waals surface area contributed by atoms with Crippen molar-refractivity contribution in [3.8, 4) is 0 Å². The van der Waals surface area contributed by atoms with Gasteiger partial charge in [-0.1, -0.05) is 0 Å². The number of carbonyl (C=O) groups excluding carboxylic acids is 1. The molecule has 1 amide bonds. The number of rotatable bonds is 7. The molecule has 3 saturated heterocycles. The summed E-state index contributed by atoms with van der Waals surface area (Å²) in [6.07, 6.45) is 9.07. The lowest BCUT2D eigenvalue weighted by molar-refractivity contribution is -0.132. The largest absolute Gasteiger partial charge is 0.366 e. The summed E-state index contributed by atoms with van der Waals surface area (Å²) in [6.45, 7) is 10.1. The minimum atomic E-state index is 0.297. The molecular weight excluding hydrogens is 352 g/mol. The summed E-state index contributed by atoms with van der Waals surface area (Å²) >= 11 is 0.